The molecule has 1 saturated heterocycles. The van der Waals surface area contributed by atoms with Crippen molar-refractivity contribution >= 4 is 17.3 Å². The van der Waals surface area contributed by atoms with E-state index in [4.69, 9.17) is 0 Å². The van der Waals surface area contributed by atoms with Crippen molar-refractivity contribution in [1.29, 1.82) is 0 Å². The van der Waals surface area contributed by atoms with Crippen LogP contribution in [0.5, 0.6) is 0 Å². The summed E-state index contributed by atoms with van der Waals surface area (Å²) in [6, 6.07) is 14.6. The minimum Gasteiger partial charge on any atom is -0.371 e. The number of rotatable bonds is 6. The van der Waals surface area contributed by atoms with E-state index in [-0.39, 0.29) is 17.6 Å². The second-order valence-electron chi connectivity index (χ2n) is 6.63. The molecule has 0 aromatic heterocycles. The fourth-order valence-corrected chi connectivity index (χ4v) is 3.46. The van der Waals surface area contributed by atoms with Crippen LogP contribution < -0.4 is 10.2 Å². The van der Waals surface area contributed by atoms with Crippen molar-refractivity contribution in [3.05, 3.63) is 59.9 Å². The van der Waals surface area contributed by atoms with Gasteiger partial charge in [0, 0.05) is 24.5 Å². The lowest BCUT2D eigenvalue weighted by atomic mass is 9.93. The first-order valence-corrected chi connectivity index (χ1v) is 9.08. The Labute approximate surface area is 148 Å². The Bertz CT molecular complexity index is 711. The lowest BCUT2D eigenvalue weighted by Gasteiger charge is -2.20. The third kappa shape index (κ3) is 4.38. The van der Waals surface area contributed by atoms with Gasteiger partial charge in [-0.1, -0.05) is 43.7 Å². The van der Waals surface area contributed by atoms with E-state index in [1.807, 2.05) is 36.4 Å². The molecule has 0 radical (unpaired) electrons. The number of amides is 1. The summed E-state index contributed by atoms with van der Waals surface area (Å²) in [5.74, 6) is -0.609. The first-order valence-electron chi connectivity index (χ1n) is 9.08. The van der Waals surface area contributed by atoms with E-state index in [1.165, 1.54) is 6.07 Å². The maximum Gasteiger partial charge on any atom is 0.231 e. The maximum atomic E-state index is 14.0. The van der Waals surface area contributed by atoms with E-state index >= 15 is 0 Å². The Morgan fingerprint density at radius 1 is 1.16 bits per heavy atom. The van der Waals surface area contributed by atoms with Gasteiger partial charge in [0.2, 0.25) is 5.91 Å². The number of nitrogens with one attached hydrogen (secondary N) is 1. The van der Waals surface area contributed by atoms with Gasteiger partial charge in [-0.15, -0.1) is 0 Å². The molecular formula is C21H25FN2O. The first kappa shape index (κ1) is 17.5. The molecule has 3 nitrogen and oxygen atoms in total. The molecule has 1 N–H and O–H groups in total. The van der Waals surface area contributed by atoms with Crippen molar-refractivity contribution in [2.75, 3.05) is 23.3 Å². The summed E-state index contributed by atoms with van der Waals surface area (Å²) < 4.78 is 14.0. The van der Waals surface area contributed by atoms with Crippen LogP contribution >= 0.6 is 0 Å². The zero-order valence-electron chi connectivity index (χ0n) is 14.7. The summed E-state index contributed by atoms with van der Waals surface area (Å²) >= 11 is 0. The molecule has 2 aromatic carbocycles. The first-order chi connectivity index (χ1) is 12.2. The van der Waals surface area contributed by atoms with E-state index in [0.717, 1.165) is 50.0 Å². The third-order valence-electron chi connectivity index (χ3n) is 4.72. The van der Waals surface area contributed by atoms with E-state index in [2.05, 4.69) is 17.1 Å². The predicted molar refractivity (Wildman–Crippen MR) is 101 cm³/mol. The smallest absolute Gasteiger partial charge is 0.231 e. The van der Waals surface area contributed by atoms with Gasteiger partial charge in [0.1, 0.15) is 5.82 Å². The molecule has 1 amide bonds. The zero-order valence-corrected chi connectivity index (χ0v) is 14.7. The number of hydrogen-bond acceptors (Lipinski definition) is 2. The van der Waals surface area contributed by atoms with Gasteiger partial charge in [-0.2, -0.15) is 0 Å². The van der Waals surface area contributed by atoms with Gasteiger partial charge in [0.15, 0.2) is 0 Å². The van der Waals surface area contributed by atoms with Gasteiger partial charge >= 0.3 is 0 Å². The fourth-order valence-electron chi connectivity index (χ4n) is 3.46. The maximum absolute atomic E-state index is 14.0. The highest BCUT2D eigenvalue weighted by atomic mass is 19.1. The highest BCUT2D eigenvalue weighted by molar-refractivity contribution is 5.96. The normalized spacial score (nSPS) is 15.2. The fraction of sp³-hybridized carbons (Fsp3) is 0.381. The highest BCUT2D eigenvalue weighted by Crippen LogP contribution is 2.27. The lowest BCUT2D eigenvalue weighted by molar-refractivity contribution is -0.117. The van der Waals surface area contributed by atoms with Gasteiger partial charge in [-0.05, 0) is 43.0 Å². The van der Waals surface area contributed by atoms with Gasteiger partial charge in [0.25, 0.3) is 0 Å². The molecule has 1 heterocycles. The lowest BCUT2D eigenvalue weighted by Crippen LogP contribution is -2.22. The summed E-state index contributed by atoms with van der Waals surface area (Å²) in [6.45, 7) is 3.95. The Kier molecular flexibility index (Phi) is 5.69. The molecule has 2 aromatic rings. The number of halogens is 1. The van der Waals surface area contributed by atoms with Crippen molar-refractivity contribution in [3.63, 3.8) is 0 Å². The molecule has 0 aliphatic carbocycles. The summed E-state index contributed by atoms with van der Waals surface area (Å²) in [5.41, 5.74) is 2.38. The molecule has 1 unspecified atom stereocenters. The monoisotopic (exact) mass is 340 g/mol. The molecular weight excluding hydrogens is 315 g/mol. The molecule has 1 fully saturated rings. The van der Waals surface area contributed by atoms with Crippen LogP contribution in [0.3, 0.4) is 0 Å². The molecule has 0 bridgehead atoms. The second kappa shape index (κ2) is 8.15. The SMILES string of the molecule is CCCC(C(=O)Nc1cc(F)cc(N2CCCC2)c1)c1ccccc1. The third-order valence-corrected chi connectivity index (χ3v) is 4.72. The van der Waals surface area contributed by atoms with E-state index in [9.17, 15) is 9.18 Å². The topological polar surface area (TPSA) is 32.3 Å². The molecule has 0 saturated carbocycles. The van der Waals surface area contributed by atoms with Crippen LogP contribution in [0.15, 0.2) is 48.5 Å². The van der Waals surface area contributed by atoms with Crippen molar-refractivity contribution in [3.8, 4) is 0 Å². The average Bonchev–Trinajstić information content (AvgIpc) is 3.14. The van der Waals surface area contributed by atoms with Crippen LogP contribution in [0.4, 0.5) is 15.8 Å². The Hall–Kier alpha value is -2.36. The minimum atomic E-state index is -0.313. The average molecular weight is 340 g/mol. The molecule has 4 heteroatoms. The summed E-state index contributed by atoms with van der Waals surface area (Å²) in [6.07, 6.45) is 3.94. The van der Waals surface area contributed by atoms with Crippen LogP contribution in [0.25, 0.3) is 0 Å². The number of carbonyl (C=O) groups is 1. The molecule has 1 aliphatic heterocycles. The van der Waals surface area contributed by atoms with Crippen LogP contribution in [0.1, 0.15) is 44.1 Å². The van der Waals surface area contributed by atoms with E-state index in [0.29, 0.717) is 5.69 Å². The van der Waals surface area contributed by atoms with Crippen molar-refractivity contribution < 1.29 is 9.18 Å². The van der Waals surface area contributed by atoms with Crippen LogP contribution in [-0.4, -0.2) is 19.0 Å². The van der Waals surface area contributed by atoms with Gasteiger partial charge in [-0.25, -0.2) is 4.39 Å². The number of benzene rings is 2. The summed E-state index contributed by atoms with van der Waals surface area (Å²) in [5, 5.41) is 2.92. The largest absolute Gasteiger partial charge is 0.371 e. The highest BCUT2D eigenvalue weighted by Gasteiger charge is 2.21. The van der Waals surface area contributed by atoms with Crippen LogP contribution in [-0.2, 0) is 4.79 Å². The predicted octanol–water partition coefficient (Wildman–Crippen LogP) is 4.95. The number of anilines is 2. The number of carbonyl (C=O) groups excluding carboxylic acids is 1. The number of nitrogens with zero attached hydrogens (tertiary/aromatic N) is 1. The van der Waals surface area contributed by atoms with Crippen LogP contribution in [0, 0.1) is 5.82 Å². The number of hydrogen-bond donors (Lipinski definition) is 1. The Morgan fingerprint density at radius 3 is 2.56 bits per heavy atom. The van der Waals surface area contributed by atoms with Crippen molar-refractivity contribution in [2.24, 2.45) is 0 Å². The molecule has 1 aliphatic rings. The Balaban J connectivity index is 1.79. The molecule has 0 spiro atoms. The molecule has 132 valence electrons. The molecule has 1 atom stereocenters. The standard InChI is InChI=1S/C21H25FN2O/c1-2-8-20(16-9-4-3-5-10-16)21(25)23-18-13-17(22)14-19(15-18)24-11-6-7-12-24/h3-5,9-10,13-15,20H,2,6-8,11-12H2,1H3,(H,23,25). The quantitative estimate of drug-likeness (QED) is 0.807. The van der Waals surface area contributed by atoms with E-state index < -0.39 is 0 Å². The van der Waals surface area contributed by atoms with Crippen LogP contribution in [0.2, 0.25) is 0 Å². The van der Waals surface area contributed by atoms with Gasteiger partial charge in [-0.3, -0.25) is 4.79 Å². The summed E-state index contributed by atoms with van der Waals surface area (Å²) in [7, 11) is 0. The Morgan fingerprint density at radius 2 is 1.88 bits per heavy atom. The summed E-state index contributed by atoms with van der Waals surface area (Å²) in [4.78, 5) is 15.0. The minimum absolute atomic E-state index is 0.0778. The van der Waals surface area contributed by atoms with Gasteiger partial charge < -0.3 is 10.2 Å². The van der Waals surface area contributed by atoms with E-state index in [1.54, 1.807) is 6.07 Å². The second-order valence-corrected chi connectivity index (χ2v) is 6.63. The molecule has 3 rings (SSSR count). The van der Waals surface area contributed by atoms with Crippen molar-refractivity contribution in [2.45, 2.75) is 38.5 Å². The van der Waals surface area contributed by atoms with Gasteiger partial charge in [0.05, 0.1) is 5.92 Å². The zero-order chi connectivity index (χ0) is 17.6. The molecule has 25 heavy (non-hydrogen) atoms. The van der Waals surface area contributed by atoms with Crippen molar-refractivity contribution in [1.82, 2.24) is 0 Å².